The highest BCUT2D eigenvalue weighted by molar-refractivity contribution is 5.99. The second-order valence-electron chi connectivity index (χ2n) is 7.00. The van der Waals surface area contributed by atoms with Crippen LogP contribution in [0.2, 0.25) is 0 Å². The molecule has 0 saturated carbocycles. The lowest BCUT2D eigenvalue weighted by Crippen LogP contribution is -2.53. The summed E-state index contributed by atoms with van der Waals surface area (Å²) in [5.74, 6) is 0.0187. The van der Waals surface area contributed by atoms with E-state index in [4.69, 9.17) is 10.5 Å². The number of anilines is 1. The van der Waals surface area contributed by atoms with Crippen LogP contribution in [0.4, 0.5) is 5.69 Å². The fourth-order valence-electron chi connectivity index (χ4n) is 3.10. The minimum absolute atomic E-state index is 0.107. The monoisotopic (exact) mass is 354 g/mol. The summed E-state index contributed by atoms with van der Waals surface area (Å²) < 4.78 is 5.87. The number of aliphatic hydroxyl groups is 1. The van der Waals surface area contributed by atoms with Crippen molar-refractivity contribution in [1.29, 1.82) is 0 Å². The number of ketones is 1. The third-order valence-electron chi connectivity index (χ3n) is 4.64. The van der Waals surface area contributed by atoms with Gasteiger partial charge in [0.15, 0.2) is 5.78 Å². The van der Waals surface area contributed by atoms with Crippen molar-refractivity contribution >= 4 is 17.4 Å². The number of aliphatic hydroxyl groups excluding tert-OH is 1. The van der Waals surface area contributed by atoms with Crippen molar-refractivity contribution in [3.05, 3.63) is 59.2 Å². The van der Waals surface area contributed by atoms with E-state index in [-0.39, 0.29) is 5.78 Å². The van der Waals surface area contributed by atoms with Gasteiger partial charge in [0.1, 0.15) is 17.5 Å². The molecule has 0 aromatic heterocycles. The van der Waals surface area contributed by atoms with Crippen LogP contribution in [0.5, 0.6) is 5.75 Å². The van der Waals surface area contributed by atoms with Crippen LogP contribution in [-0.4, -0.2) is 28.5 Å². The second kappa shape index (κ2) is 6.46. The smallest absolute Gasteiger partial charge is 0.253 e. The molecule has 0 saturated heterocycles. The van der Waals surface area contributed by atoms with Gasteiger partial charge < -0.3 is 20.9 Å². The number of Topliss-reactive ketones (excluding diaryl/α,β-unsaturated/α-hetero) is 1. The topological polar surface area (TPSA) is 102 Å². The number of hydrogen-bond donors (Lipinski definition) is 3. The standard InChI is InChI=1S/C20H22N2O4/c1-11(23)12-8-9-16-14(10-12)17(18(24)20(2,3)26-16)22-19(25)13-6-4-5-7-15(13)21/h4-10,17-18,24H,21H2,1-3H3,(H,22,25)/t17-,18-/m0/s1. The number of amides is 1. The van der Waals surface area contributed by atoms with Gasteiger partial charge in [-0.3, -0.25) is 9.59 Å². The number of fused-ring (bicyclic) bond motifs is 1. The maximum Gasteiger partial charge on any atom is 0.253 e. The van der Waals surface area contributed by atoms with Crippen molar-refractivity contribution in [1.82, 2.24) is 5.32 Å². The summed E-state index contributed by atoms with van der Waals surface area (Å²) in [7, 11) is 0. The van der Waals surface area contributed by atoms with Gasteiger partial charge >= 0.3 is 0 Å². The largest absolute Gasteiger partial charge is 0.485 e. The lowest BCUT2D eigenvalue weighted by atomic mass is 9.85. The van der Waals surface area contributed by atoms with Crippen molar-refractivity contribution in [3.8, 4) is 5.75 Å². The van der Waals surface area contributed by atoms with E-state index in [2.05, 4.69) is 5.32 Å². The number of hydrogen-bond acceptors (Lipinski definition) is 5. The van der Waals surface area contributed by atoms with Gasteiger partial charge in [0.2, 0.25) is 0 Å². The van der Waals surface area contributed by atoms with Gasteiger partial charge in [-0.25, -0.2) is 0 Å². The van der Waals surface area contributed by atoms with Crippen molar-refractivity contribution in [2.75, 3.05) is 5.73 Å². The minimum Gasteiger partial charge on any atom is -0.485 e. The molecule has 4 N–H and O–H groups in total. The summed E-state index contributed by atoms with van der Waals surface area (Å²) in [5, 5.41) is 13.6. The fraction of sp³-hybridized carbons (Fsp3) is 0.300. The Balaban J connectivity index is 2.02. The molecule has 0 radical (unpaired) electrons. The first kappa shape index (κ1) is 17.9. The number of nitrogen functional groups attached to an aromatic ring is 1. The lowest BCUT2D eigenvalue weighted by molar-refractivity contribution is -0.0627. The highest BCUT2D eigenvalue weighted by Crippen LogP contribution is 2.40. The number of nitrogens with one attached hydrogen (secondary N) is 1. The molecular weight excluding hydrogens is 332 g/mol. The normalized spacial score (nSPS) is 20.6. The molecule has 1 heterocycles. The maximum absolute atomic E-state index is 12.7. The van der Waals surface area contributed by atoms with Crippen molar-refractivity contribution < 1.29 is 19.4 Å². The molecular formula is C20H22N2O4. The molecule has 0 fully saturated rings. The summed E-state index contributed by atoms with van der Waals surface area (Å²) >= 11 is 0. The number of carbonyl (C=O) groups excluding carboxylic acids is 2. The number of benzene rings is 2. The van der Waals surface area contributed by atoms with Gasteiger partial charge in [-0.2, -0.15) is 0 Å². The van der Waals surface area contributed by atoms with E-state index in [1.54, 1.807) is 56.3 Å². The number of nitrogens with two attached hydrogens (primary N) is 1. The molecule has 2 aromatic rings. The Bertz CT molecular complexity index is 876. The molecule has 1 aliphatic heterocycles. The first-order valence-corrected chi connectivity index (χ1v) is 8.38. The molecule has 6 heteroatoms. The Morgan fingerprint density at radius 1 is 1.19 bits per heavy atom. The molecule has 0 spiro atoms. The fourth-order valence-corrected chi connectivity index (χ4v) is 3.10. The molecule has 2 aromatic carbocycles. The van der Waals surface area contributed by atoms with Crippen LogP contribution in [0, 0.1) is 0 Å². The summed E-state index contributed by atoms with van der Waals surface area (Å²) in [4.78, 5) is 24.4. The second-order valence-corrected chi connectivity index (χ2v) is 7.00. The van der Waals surface area contributed by atoms with Crippen LogP contribution >= 0.6 is 0 Å². The average Bonchev–Trinajstić information content (AvgIpc) is 2.58. The summed E-state index contributed by atoms with van der Waals surface area (Å²) in [6.07, 6.45) is -1.01. The average molecular weight is 354 g/mol. The summed E-state index contributed by atoms with van der Waals surface area (Å²) in [6, 6.07) is 11.0. The molecule has 26 heavy (non-hydrogen) atoms. The predicted octanol–water partition coefficient (Wildman–Crippen LogP) is 2.47. The van der Waals surface area contributed by atoms with Crippen molar-refractivity contribution in [2.24, 2.45) is 0 Å². The molecule has 6 nitrogen and oxygen atoms in total. The quantitative estimate of drug-likeness (QED) is 0.580. The van der Waals surface area contributed by atoms with Crippen molar-refractivity contribution in [2.45, 2.75) is 38.5 Å². The highest BCUT2D eigenvalue weighted by atomic mass is 16.5. The van der Waals surface area contributed by atoms with Crippen LogP contribution < -0.4 is 15.8 Å². The Morgan fingerprint density at radius 2 is 1.88 bits per heavy atom. The molecule has 1 amide bonds. The maximum atomic E-state index is 12.7. The van der Waals surface area contributed by atoms with E-state index < -0.39 is 23.7 Å². The van der Waals surface area contributed by atoms with Gasteiger partial charge in [-0.05, 0) is 51.1 Å². The van der Waals surface area contributed by atoms with Gasteiger partial charge in [0, 0.05) is 16.8 Å². The molecule has 2 atom stereocenters. The molecule has 1 aliphatic rings. The highest BCUT2D eigenvalue weighted by Gasteiger charge is 2.43. The van der Waals surface area contributed by atoms with Gasteiger partial charge in [-0.1, -0.05) is 12.1 Å². The first-order chi connectivity index (χ1) is 12.2. The van der Waals surface area contributed by atoms with Gasteiger partial charge in [-0.15, -0.1) is 0 Å². The molecule has 3 rings (SSSR count). The van der Waals surface area contributed by atoms with E-state index in [0.717, 1.165) is 0 Å². The number of para-hydroxylation sites is 1. The van der Waals surface area contributed by atoms with E-state index in [9.17, 15) is 14.7 Å². The first-order valence-electron chi connectivity index (χ1n) is 8.38. The Kier molecular flexibility index (Phi) is 4.46. The zero-order valence-electron chi connectivity index (χ0n) is 14.9. The Morgan fingerprint density at radius 3 is 2.54 bits per heavy atom. The zero-order valence-corrected chi connectivity index (χ0v) is 14.9. The molecule has 0 unspecified atom stereocenters. The summed E-state index contributed by atoms with van der Waals surface area (Å²) in [6.45, 7) is 4.95. The van der Waals surface area contributed by atoms with E-state index in [1.807, 2.05) is 0 Å². The van der Waals surface area contributed by atoms with Crippen LogP contribution in [0.25, 0.3) is 0 Å². The van der Waals surface area contributed by atoms with Gasteiger partial charge in [0.25, 0.3) is 5.91 Å². The van der Waals surface area contributed by atoms with Crippen LogP contribution in [0.15, 0.2) is 42.5 Å². The number of ether oxygens (including phenoxy) is 1. The zero-order chi connectivity index (χ0) is 19.1. The lowest BCUT2D eigenvalue weighted by Gasteiger charge is -2.42. The van der Waals surface area contributed by atoms with Crippen LogP contribution in [0.1, 0.15) is 53.1 Å². The van der Waals surface area contributed by atoms with Crippen molar-refractivity contribution in [3.63, 3.8) is 0 Å². The number of rotatable bonds is 3. The number of carbonyl (C=O) groups is 2. The minimum atomic E-state index is -1.01. The van der Waals surface area contributed by atoms with Gasteiger partial charge in [0.05, 0.1) is 11.6 Å². The molecule has 136 valence electrons. The van der Waals surface area contributed by atoms with E-state index >= 15 is 0 Å². The SMILES string of the molecule is CC(=O)c1ccc2c(c1)[C@H](NC(=O)c1ccccc1N)[C@H](O)C(C)(C)O2. The Labute approximate surface area is 152 Å². The molecule has 0 aliphatic carbocycles. The summed E-state index contributed by atoms with van der Waals surface area (Å²) in [5.41, 5.74) is 6.69. The van der Waals surface area contributed by atoms with Crippen LogP contribution in [0.3, 0.4) is 0 Å². The van der Waals surface area contributed by atoms with E-state index in [0.29, 0.717) is 28.1 Å². The van der Waals surface area contributed by atoms with E-state index in [1.165, 1.54) is 6.92 Å². The third kappa shape index (κ3) is 3.15. The third-order valence-corrected chi connectivity index (χ3v) is 4.64. The predicted molar refractivity (Wildman–Crippen MR) is 98.2 cm³/mol. The molecule has 0 bridgehead atoms. The Hall–Kier alpha value is -2.86. The van der Waals surface area contributed by atoms with Crippen LogP contribution in [-0.2, 0) is 0 Å².